The Morgan fingerprint density at radius 2 is 1.74 bits per heavy atom. The summed E-state index contributed by atoms with van der Waals surface area (Å²) in [5.41, 5.74) is 1.49. The van der Waals surface area contributed by atoms with Gasteiger partial charge in [0.25, 0.3) is 11.8 Å². The zero-order chi connectivity index (χ0) is 19.0. The molecular formula is C19H19N3O5. The van der Waals surface area contributed by atoms with Crippen molar-refractivity contribution in [2.75, 3.05) is 26.2 Å². The lowest BCUT2D eigenvalue weighted by atomic mass is 10.1. The third-order valence-electron chi connectivity index (χ3n) is 4.84. The molecule has 0 atom stereocenters. The summed E-state index contributed by atoms with van der Waals surface area (Å²) in [6, 6.07) is 8.31. The van der Waals surface area contributed by atoms with Crippen molar-refractivity contribution in [3.05, 3.63) is 58.5 Å². The minimum Gasteiger partial charge on any atom is -0.459 e. The molecule has 0 spiro atoms. The standard InChI is InChI=1S/C19H19N3O5/c1-20-14-6-5-13(12-16(14)27-19(20)25)17(23)21-7-3-8-22(10-9-21)18(24)15-4-2-11-26-15/h2,4-6,11-12H,3,7-10H2,1H3. The SMILES string of the molecule is Cn1c(=O)oc2cc(C(=O)N3CCCN(C(=O)c4ccco4)CC3)ccc21. The van der Waals surface area contributed by atoms with Crippen LogP contribution < -0.4 is 5.76 Å². The van der Waals surface area contributed by atoms with Gasteiger partial charge in [-0.15, -0.1) is 0 Å². The molecule has 1 fully saturated rings. The van der Waals surface area contributed by atoms with Gasteiger partial charge in [0, 0.05) is 38.8 Å². The molecule has 0 bridgehead atoms. The fraction of sp³-hybridized carbons (Fsp3) is 0.316. The molecule has 0 radical (unpaired) electrons. The monoisotopic (exact) mass is 369 g/mol. The summed E-state index contributed by atoms with van der Waals surface area (Å²) in [5, 5.41) is 0. The average Bonchev–Trinajstić information content (AvgIpc) is 3.22. The molecule has 8 heteroatoms. The Morgan fingerprint density at radius 3 is 2.44 bits per heavy atom. The summed E-state index contributed by atoms with van der Waals surface area (Å²) in [6.07, 6.45) is 2.15. The average molecular weight is 369 g/mol. The number of furan rings is 1. The van der Waals surface area contributed by atoms with Crippen molar-refractivity contribution >= 4 is 22.9 Å². The molecule has 0 unspecified atom stereocenters. The topological polar surface area (TPSA) is 88.9 Å². The third kappa shape index (κ3) is 3.14. The van der Waals surface area contributed by atoms with E-state index in [0.29, 0.717) is 55.0 Å². The molecular weight excluding hydrogens is 350 g/mol. The van der Waals surface area contributed by atoms with Crippen molar-refractivity contribution in [3.8, 4) is 0 Å². The van der Waals surface area contributed by atoms with Gasteiger partial charge in [0.15, 0.2) is 11.3 Å². The molecule has 3 aromatic rings. The largest absolute Gasteiger partial charge is 0.459 e. The van der Waals surface area contributed by atoms with Crippen LogP contribution in [-0.2, 0) is 7.05 Å². The van der Waals surface area contributed by atoms with Crippen molar-refractivity contribution < 1.29 is 18.4 Å². The van der Waals surface area contributed by atoms with Gasteiger partial charge in [0.05, 0.1) is 11.8 Å². The van der Waals surface area contributed by atoms with Gasteiger partial charge in [-0.3, -0.25) is 14.2 Å². The van der Waals surface area contributed by atoms with Gasteiger partial charge < -0.3 is 18.6 Å². The Balaban J connectivity index is 1.49. The maximum atomic E-state index is 12.9. The number of hydrogen-bond acceptors (Lipinski definition) is 5. The Kier molecular flexibility index (Phi) is 4.31. The summed E-state index contributed by atoms with van der Waals surface area (Å²) in [4.78, 5) is 40.3. The summed E-state index contributed by atoms with van der Waals surface area (Å²) >= 11 is 0. The highest BCUT2D eigenvalue weighted by Gasteiger charge is 2.25. The van der Waals surface area contributed by atoms with Crippen LogP contribution in [0.1, 0.15) is 27.3 Å². The molecule has 1 aromatic carbocycles. The zero-order valence-electron chi connectivity index (χ0n) is 14.9. The molecule has 8 nitrogen and oxygen atoms in total. The number of carbonyl (C=O) groups excluding carboxylic acids is 2. The van der Waals surface area contributed by atoms with Crippen LogP contribution in [0, 0.1) is 0 Å². The van der Waals surface area contributed by atoms with Gasteiger partial charge in [0.2, 0.25) is 0 Å². The quantitative estimate of drug-likeness (QED) is 0.686. The molecule has 4 rings (SSSR count). The third-order valence-corrected chi connectivity index (χ3v) is 4.84. The van der Waals surface area contributed by atoms with E-state index >= 15 is 0 Å². The van der Waals surface area contributed by atoms with Gasteiger partial charge in [-0.1, -0.05) is 0 Å². The normalized spacial score (nSPS) is 15.1. The molecule has 27 heavy (non-hydrogen) atoms. The summed E-state index contributed by atoms with van der Waals surface area (Å²) < 4.78 is 11.7. The maximum absolute atomic E-state index is 12.9. The van der Waals surface area contributed by atoms with Crippen LogP contribution in [0.3, 0.4) is 0 Å². The molecule has 3 heterocycles. The highest BCUT2D eigenvalue weighted by molar-refractivity contribution is 5.97. The smallest absolute Gasteiger partial charge is 0.419 e. The summed E-state index contributed by atoms with van der Waals surface area (Å²) in [6.45, 7) is 1.99. The van der Waals surface area contributed by atoms with E-state index in [2.05, 4.69) is 0 Å². The zero-order valence-corrected chi connectivity index (χ0v) is 14.9. The van der Waals surface area contributed by atoms with Crippen LogP contribution in [0.2, 0.25) is 0 Å². The lowest BCUT2D eigenvalue weighted by molar-refractivity contribution is 0.0700. The van der Waals surface area contributed by atoms with E-state index in [4.69, 9.17) is 8.83 Å². The first-order valence-electron chi connectivity index (χ1n) is 8.76. The Labute approximate surface area is 154 Å². The molecule has 0 N–H and O–H groups in total. The first-order valence-corrected chi connectivity index (χ1v) is 8.76. The number of carbonyl (C=O) groups is 2. The predicted octanol–water partition coefficient (Wildman–Crippen LogP) is 1.71. The number of amides is 2. The first kappa shape index (κ1) is 17.1. The van der Waals surface area contributed by atoms with Crippen LogP contribution >= 0.6 is 0 Å². The summed E-state index contributed by atoms with van der Waals surface area (Å²) in [5.74, 6) is -0.465. The van der Waals surface area contributed by atoms with Gasteiger partial charge >= 0.3 is 5.76 Å². The molecule has 1 aliphatic heterocycles. The number of nitrogens with zero attached hydrogens (tertiary/aromatic N) is 3. The van der Waals surface area contributed by atoms with Gasteiger partial charge in [0.1, 0.15) is 0 Å². The highest BCUT2D eigenvalue weighted by Crippen LogP contribution is 2.17. The number of benzene rings is 1. The molecule has 2 aromatic heterocycles. The second kappa shape index (κ2) is 6.79. The number of hydrogen-bond donors (Lipinski definition) is 0. The van der Waals surface area contributed by atoms with Crippen LogP contribution in [0.5, 0.6) is 0 Å². The second-order valence-corrected chi connectivity index (χ2v) is 6.52. The van der Waals surface area contributed by atoms with Crippen molar-refractivity contribution in [3.63, 3.8) is 0 Å². The van der Waals surface area contributed by atoms with Gasteiger partial charge in [-0.25, -0.2) is 4.79 Å². The van der Waals surface area contributed by atoms with Crippen molar-refractivity contribution in [1.29, 1.82) is 0 Å². The van der Waals surface area contributed by atoms with E-state index in [-0.39, 0.29) is 11.8 Å². The van der Waals surface area contributed by atoms with E-state index in [1.165, 1.54) is 10.8 Å². The first-order chi connectivity index (χ1) is 13.0. The summed E-state index contributed by atoms with van der Waals surface area (Å²) in [7, 11) is 1.62. The molecule has 0 saturated carbocycles. The number of aromatic nitrogens is 1. The van der Waals surface area contributed by atoms with E-state index in [1.54, 1.807) is 47.2 Å². The van der Waals surface area contributed by atoms with Gasteiger partial charge in [-0.2, -0.15) is 0 Å². The number of oxazole rings is 1. The van der Waals surface area contributed by atoms with E-state index in [9.17, 15) is 14.4 Å². The molecule has 140 valence electrons. The fourth-order valence-corrected chi connectivity index (χ4v) is 3.33. The maximum Gasteiger partial charge on any atom is 0.419 e. The number of fused-ring (bicyclic) bond motifs is 1. The van der Waals surface area contributed by atoms with E-state index in [1.807, 2.05) is 0 Å². The van der Waals surface area contributed by atoms with Crippen LogP contribution in [0.4, 0.5) is 0 Å². The number of rotatable bonds is 2. The Hall–Kier alpha value is -3.29. The van der Waals surface area contributed by atoms with E-state index in [0.717, 1.165) is 0 Å². The van der Waals surface area contributed by atoms with Crippen LogP contribution in [0.25, 0.3) is 11.1 Å². The van der Waals surface area contributed by atoms with Gasteiger partial charge in [-0.05, 0) is 36.8 Å². The highest BCUT2D eigenvalue weighted by atomic mass is 16.4. The Bertz CT molecular complexity index is 1050. The van der Waals surface area contributed by atoms with Crippen LogP contribution in [0.15, 0.2) is 50.2 Å². The van der Waals surface area contributed by atoms with Crippen molar-refractivity contribution in [2.24, 2.45) is 7.05 Å². The molecule has 1 aliphatic rings. The lowest BCUT2D eigenvalue weighted by Gasteiger charge is -2.21. The predicted molar refractivity (Wildman–Crippen MR) is 96.6 cm³/mol. The van der Waals surface area contributed by atoms with Crippen molar-refractivity contribution in [2.45, 2.75) is 6.42 Å². The fourth-order valence-electron chi connectivity index (χ4n) is 3.33. The Morgan fingerprint density at radius 1 is 1.00 bits per heavy atom. The molecule has 1 saturated heterocycles. The molecule has 2 amide bonds. The van der Waals surface area contributed by atoms with Crippen molar-refractivity contribution in [1.82, 2.24) is 14.4 Å². The minimum atomic E-state index is -0.462. The minimum absolute atomic E-state index is 0.143. The van der Waals surface area contributed by atoms with Crippen LogP contribution in [-0.4, -0.2) is 52.4 Å². The number of aryl methyl sites for hydroxylation is 1. The second-order valence-electron chi connectivity index (χ2n) is 6.52. The molecule has 0 aliphatic carbocycles. The van der Waals surface area contributed by atoms with E-state index < -0.39 is 5.76 Å². The lowest BCUT2D eigenvalue weighted by Crippen LogP contribution is -2.37.